The number of rotatable bonds is 3. The number of hydrogen-bond donors (Lipinski definition) is 0. The summed E-state index contributed by atoms with van der Waals surface area (Å²) < 4.78 is 2.25. The zero-order valence-electron chi connectivity index (χ0n) is 14.9. The van der Waals surface area contributed by atoms with Crippen molar-refractivity contribution in [3.05, 3.63) is 65.4 Å². The standard InChI is InChI=1S/C22H26N/c1-6-17-8-7-16(4)21(13-17)22-20-10-9-18(15(2)3)14-19(20)11-12-23(22)5/h7-15H,6H2,1-5H3/q+1. The molecule has 0 amide bonds. The molecule has 0 atom stereocenters. The highest BCUT2D eigenvalue weighted by Crippen LogP contribution is 2.30. The summed E-state index contributed by atoms with van der Waals surface area (Å²) in [5.41, 5.74) is 6.77. The fourth-order valence-corrected chi connectivity index (χ4v) is 3.23. The molecular formula is C22H26N+. The van der Waals surface area contributed by atoms with Crippen LogP contribution in [0.2, 0.25) is 0 Å². The maximum absolute atomic E-state index is 2.35. The van der Waals surface area contributed by atoms with Gasteiger partial charge in [-0.15, -0.1) is 0 Å². The third-order valence-corrected chi connectivity index (χ3v) is 4.79. The van der Waals surface area contributed by atoms with Crippen molar-refractivity contribution in [2.24, 2.45) is 7.05 Å². The molecule has 23 heavy (non-hydrogen) atoms. The van der Waals surface area contributed by atoms with E-state index in [2.05, 4.69) is 88.0 Å². The van der Waals surface area contributed by atoms with Gasteiger partial charge in [0.25, 0.3) is 0 Å². The van der Waals surface area contributed by atoms with Gasteiger partial charge in [0.1, 0.15) is 7.05 Å². The molecule has 0 fully saturated rings. The zero-order chi connectivity index (χ0) is 16.6. The van der Waals surface area contributed by atoms with Crippen LogP contribution in [0.4, 0.5) is 0 Å². The van der Waals surface area contributed by atoms with Gasteiger partial charge in [-0.3, -0.25) is 0 Å². The van der Waals surface area contributed by atoms with E-state index in [0.29, 0.717) is 5.92 Å². The van der Waals surface area contributed by atoms with Crippen LogP contribution in [0, 0.1) is 6.92 Å². The van der Waals surface area contributed by atoms with Crippen LogP contribution in [-0.4, -0.2) is 0 Å². The summed E-state index contributed by atoms with van der Waals surface area (Å²) in [5.74, 6) is 0.557. The van der Waals surface area contributed by atoms with Gasteiger partial charge < -0.3 is 0 Å². The topological polar surface area (TPSA) is 3.88 Å². The lowest BCUT2D eigenvalue weighted by Gasteiger charge is -2.11. The molecule has 0 spiro atoms. The molecule has 0 radical (unpaired) electrons. The molecule has 1 heteroatoms. The summed E-state index contributed by atoms with van der Waals surface area (Å²) in [6.07, 6.45) is 3.25. The summed E-state index contributed by atoms with van der Waals surface area (Å²) in [7, 11) is 2.14. The van der Waals surface area contributed by atoms with Crippen LogP contribution in [-0.2, 0) is 13.5 Å². The third-order valence-electron chi connectivity index (χ3n) is 4.79. The number of aromatic nitrogens is 1. The molecule has 118 valence electrons. The molecule has 1 nitrogen and oxygen atoms in total. The molecule has 1 aromatic heterocycles. The van der Waals surface area contributed by atoms with Crippen LogP contribution in [0.3, 0.4) is 0 Å². The molecule has 2 aromatic carbocycles. The second-order valence-electron chi connectivity index (χ2n) is 6.78. The molecule has 0 N–H and O–H groups in total. The summed E-state index contributed by atoms with van der Waals surface area (Å²) in [4.78, 5) is 0. The second-order valence-corrected chi connectivity index (χ2v) is 6.78. The van der Waals surface area contributed by atoms with Crippen LogP contribution in [0.5, 0.6) is 0 Å². The summed E-state index contributed by atoms with van der Waals surface area (Å²) in [5, 5.41) is 2.65. The molecule has 3 rings (SSSR count). The Bertz CT molecular complexity index is 859. The second kappa shape index (κ2) is 6.16. The van der Waals surface area contributed by atoms with Crippen LogP contribution >= 0.6 is 0 Å². The van der Waals surface area contributed by atoms with E-state index in [9.17, 15) is 0 Å². The Hall–Kier alpha value is -2.15. The average molecular weight is 304 g/mol. The van der Waals surface area contributed by atoms with Gasteiger partial charge in [0, 0.05) is 11.6 Å². The zero-order valence-corrected chi connectivity index (χ0v) is 14.9. The number of nitrogens with zero attached hydrogens (tertiary/aromatic N) is 1. The highest BCUT2D eigenvalue weighted by atomic mass is 14.9. The van der Waals surface area contributed by atoms with Crippen LogP contribution in [0.25, 0.3) is 22.0 Å². The van der Waals surface area contributed by atoms with Crippen LogP contribution < -0.4 is 4.57 Å². The molecule has 0 aliphatic carbocycles. The maximum atomic E-state index is 2.35. The number of pyridine rings is 1. The van der Waals surface area contributed by atoms with Gasteiger partial charge >= 0.3 is 0 Å². The Kier molecular flexibility index (Phi) is 4.21. The molecule has 0 aliphatic rings. The molecule has 0 bridgehead atoms. The first-order chi connectivity index (χ1) is 11.0. The normalized spacial score (nSPS) is 11.4. The molecule has 0 unspecified atom stereocenters. The number of aryl methyl sites for hydroxylation is 3. The monoisotopic (exact) mass is 304 g/mol. The molecule has 0 saturated carbocycles. The summed E-state index contributed by atoms with van der Waals surface area (Å²) >= 11 is 0. The van der Waals surface area contributed by atoms with E-state index in [1.807, 2.05) is 0 Å². The first-order valence-corrected chi connectivity index (χ1v) is 8.53. The van der Waals surface area contributed by atoms with Crippen molar-refractivity contribution in [2.45, 2.75) is 40.0 Å². The van der Waals surface area contributed by atoms with Crippen molar-refractivity contribution in [3.63, 3.8) is 0 Å². The first-order valence-electron chi connectivity index (χ1n) is 8.53. The van der Waals surface area contributed by atoms with Gasteiger partial charge in [0.15, 0.2) is 6.20 Å². The fourth-order valence-electron chi connectivity index (χ4n) is 3.23. The average Bonchev–Trinajstić information content (AvgIpc) is 2.55. The van der Waals surface area contributed by atoms with E-state index in [4.69, 9.17) is 0 Å². The number of fused-ring (bicyclic) bond motifs is 1. The van der Waals surface area contributed by atoms with Crippen molar-refractivity contribution in [2.75, 3.05) is 0 Å². The SMILES string of the molecule is CCc1ccc(C)c(-c2c3ccc(C(C)C)cc3cc[n+]2C)c1. The van der Waals surface area contributed by atoms with Crippen molar-refractivity contribution in [1.29, 1.82) is 0 Å². The smallest absolute Gasteiger partial charge is 0.200 e. The molecule has 0 aliphatic heterocycles. The van der Waals surface area contributed by atoms with Crippen LogP contribution in [0.15, 0.2) is 48.7 Å². The van der Waals surface area contributed by atoms with Gasteiger partial charge in [0.2, 0.25) is 5.69 Å². The van der Waals surface area contributed by atoms with Crippen molar-refractivity contribution >= 4 is 10.8 Å². The van der Waals surface area contributed by atoms with Crippen molar-refractivity contribution in [3.8, 4) is 11.3 Å². The molecule has 1 heterocycles. The van der Waals surface area contributed by atoms with E-state index in [1.54, 1.807) is 0 Å². The van der Waals surface area contributed by atoms with E-state index in [1.165, 1.54) is 38.7 Å². The van der Waals surface area contributed by atoms with Crippen LogP contribution in [0.1, 0.15) is 43.4 Å². The van der Waals surface area contributed by atoms with Gasteiger partial charge in [-0.2, -0.15) is 0 Å². The Labute approximate surface area is 139 Å². The van der Waals surface area contributed by atoms with Gasteiger partial charge in [0.05, 0.1) is 5.39 Å². The Morgan fingerprint density at radius 2 is 1.78 bits per heavy atom. The Balaban J connectivity index is 2.30. The minimum atomic E-state index is 0.557. The first kappa shape index (κ1) is 15.7. The lowest BCUT2D eigenvalue weighted by molar-refractivity contribution is -0.659. The molecule has 3 aromatic rings. The quantitative estimate of drug-likeness (QED) is 0.576. The molecule has 0 saturated heterocycles. The van der Waals surface area contributed by atoms with Gasteiger partial charge in [-0.05, 0) is 53.5 Å². The van der Waals surface area contributed by atoms with E-state index >= 15 is 0 Å². The lowest BCUT2D eigenvalue weighted by atomic mass is 9.94. The lowest BCUT2D eigenvalue weighted by Crippen LogP contribution is -2.30. The van der Waals surface area contributed by atoms with Crippen molar-refractivity contribution < 1.29 is 4.57 Å². The number of benzene rings is 2. The van der Waals surface area contributed by atoms with E-state index in [-0.39, 0.29) is 0 Å². The highest BCUT2D eigenvalue weighted by Gasteiger charge is 2.17. The minimum absolute atomic E-state index is 0.557. The van der Waals surface area contributed by atoms with Crippen molar-refractivity contribution in [1.82, 2.24) is 0 Å². The maximum Gasteiger partial charge on any atom is 0.220 e. The summed E-state index contributed by atoms with van der Waals surface area (Å²) in [6, 6.07) is 16.0. The van der Waals surface area contributed by atoms with E-state index < -0.39 is 0 Å². The van der Waals surface area contributed by atoms with E-state index in [0.717, 1.165) is 6.42 Å². The molecular weight excluding hydrogens is 278 g/mol. The highest BCUT2D eigenvalue weighted by molar-refractivity contribution is 5.94. The summed E-state index contributed by atoms with van der Waals surface area (Å²) in [6.45, 7) is 8.92. The predicted molar refractivity (Wildman–Crippen MR) is 98.8 cm³/mol. The third kappa shape index (κ3) is 2.88. The Morgan fingerprint density at radius 1 is 1.00 bits per heavy atom. The van der Waals surface area contributed by atoms with Gasteiger partial charge in [-0.1, -0.05) is 45.0 Å². The minimum Gasteiger partial charge on any atom is -0.200 e. The largest absolute Gasteiger partial charge is 0.220 e. The van der Waals surface area contributed by atoms with Gasteiger partial charge in [-0.25, -0.2) is 4.57 Å². The predicted octanol–water partition coefficient (Wildman–Crippen LogP) is 5.33. The Morgan fingerprint density at radius 3 is 2.48 bits per heavy atom. The fraction of sp³-hybridized carbons (Fsp3) is 0.318. The number of hydrogen-bond acceptors (Lipinski definition) is 0.